The smallest absolute Gasteiger partial charge is 0.237 e. The maximum absolute atomic E-state index is 12.0. The molecule has 0 saturated carbocycles. The van der Waals surface area contributed by atoms with Crippen LogP contribution in [0.4, 0.5) is 0 Å². The zero-order chi connectivity index (χ0) is 18.0. The summed E-state index contributed by atoms with van der Waals surface area (Å²) in [6.45, 7) is 4.62. The number of amides is 2. The monoisotopic (exact) mass is 347 g/mol. The zero-order valence-corrected chi connectivity index (χ0v) is 14.9. The van der Waals surface area contributed by atoms with Crippen molar-refractivity contribution in [2.24, 2.45) is 5.73 Å². The highest BCUT2D eigenvalue weighted by molar-refractivity contribution is 5.88. The van der Waals surface area contributed by atoms with E-state index < -0.39 is 6.04 Å². The lowest BCUT2D eigenvalue weighted by atomic mass is 10.2. The fourth-order valence-electron chi connectivity index (χ4n) is 1.85. The van der Waals surface area contributed by atoms with E-state index in [2.05, 4.69) is 21.3 Å². The average Bonchev–Trinajstić information content (AvgIpc) is 2.58. The Kier molecular flexibility index (Phi) is 15.7. The second-order valence-corrected chi connectivity index (χ2v) is 5.18. The minimum absolute atomic E-state index is 0.101. The maximum atomic E-state index is 12.0. The van der Waals surface area contributed by atoms with Crippen LogP contribution >= 0.6 is 0 Å². The van der Waals surface area contributed by atoms with Crippen LogP contribution in [0.2, 0.25) is 0 Å². The fourth-order valence-corrected chi connectivity index (χ4v) is 1.85. The van der Waals surface area contributed by atoms with E-state index in [0.29, 0.717) is 59.0 Å². The van der Waals surface area contributed by atoms with E-state index in [4.69, 9.17) is 15.2 Å². The fraction of sp³-hybridized carbons (Fsp3) is 0.867. The number of rotatable bonds is 16. The summed E-state index contributed by atoms with van der Waals surface area (Å²) >= 11 is 0. The van der Waals surface area contributed by atoms with Crippen molar-refractivity contribution >= 4 is 11.8 Å². The van der Waals surface area contributed by atoms with Crippen LogP contribution in [0.5, 0.6) is 0 Å². The Morgan fingerprint density at radius 1 is 1.04 bits per heavy atom. The molecule has 1 unspecified atom stereocenters. The van der Waals surface area contributed by atoms with Gasteiger partial charge in [0.15, 0.2) is 0 Å². The van der Waals surface area contributed by atoms with Crippen LogP contribution in [0.25, 0.3) is 0 Å². The molecule has 0 aromatic heterocycles. The van der Waals surface area contributed by atoms with Crippen LogP contribution < -0.4 is 27.0 Å². The van der Waals surface area contributed by atoms with Gasteiger partial charge in [0.25, 0.3) is 0 Å². The molecule has 0 aliphatic carbocycles. The van der Waals surface area contributed by atoms with Gasteiger partial charge in [0.05, 0.1) is 25.7 Å². The molecule has 0 bridgehead atoms. The van der Waals surface area contributed by atoms with E-state index in [1.54, 1.807) is 14.2 Å². The molecule has 0 aromatic rings. The largest absolute Gasteiger partial charge is 0.382 e. The van der Waals surface area contributed by atoms with Crippen LogP contribution in [0, 0.1) is 0 Å². The van der Waals surface area contributed by atoms with Crippen LogP contribution in [-0.4, -0.2) is 84.6 Å². The van der Waals surface area contributed by atoms with Crippen molar-refractivity contribution < 1.29 is 19.1 Å². The summed E-state index contributed by atoms with van der Waals surface area (Å²) in [7, 11) is 3.28. The molecule has 0 fully saturated rings. The van der Waals surface area contributed by atoms with Crippen molar-refractivity contribution in [3.63, 3.8) is 0 Å². The molecule has 6 N–H and O–H groups in total. The molecule has 0 rings (SSSR count). The molecule has 0 aliphatic rings. The quantitative estimate of drug-likeness (QED) is 0.201. The predicted molar refractivity (Wildman–Crippen MR) is 92.7 cm³/mol. The second kappa shape index (κ2) is 16.6. The third kappa shape index (κ3) is 13.2. The van der Waals surface area contributed by atoms with Gasteiger partial charge in [0.1, 0.15) is 0 Å². The van der Waals surface area contributed by atoms with Crippen molar-refractivity contribution in [1.29, 1.82) is 0 Å². The number of hydrogen-bond acceptors (Lipinski definition) is 7. The van der Waals surface area contributed by atoms with Crippen molar-refractivity contribution in [2.45, 2.75) is 18.9 Å². The highest BCUT2D eigenvalue weighted by Gasteiger charge is 2.19. The summed E-state index contributed by atoms with van der Waals surface area (Å²) in [6.07, 6.45) is 0.814. The molecule has 0 saturated heterocycles. The highest BCUT2D eigenvalue weighted by Crippen LogP contribution is 1.93. The molecule has 1 atom stereocenters. The van der Waals surface area contributed by atoms with Gasteiger partial charge < -0.3 is 36.5 Å². The lowest BCUT2D eigenvalue weighted by Gasteiger charge is -2.16. The van der Waals surface area contributed by atoms with Gasteiger partial charge in [0, 0.05) is 46.4 Å². The molecule has 9 nitrogen and oxygen atoms in total. The van der Waals surface area contributed by atoms with Crippen molar-refractivity contribution in [3.8, 4) is 0 Å². The third-order valence-corrected chi connectivity index (χ3v) is 3.20. The van der Waals surface area contributed by atoms with E-state index in [1.807, 2.05) is 0 Å². The first-order chi connectivity index (χ1) is 11.7. The lowest BCUT2D eigenvalue weighted by molar-refractivity contribution is -0.128. The molecular formula is C15H33N5O4. The van der Waals surface area contributed by atoms with E-state index in [1.165, 1.54) is 0 Å². The molecule has 142 valence electrons. The number of hydrogen-bond donors (Lipinski definition) is 5. The number of carbonyl (C=O) groups excluding carboxylic acids is 2. The van der Waals surface area contributed by atoms with Gasteiger partial charge in [-0.3, -0.25) is 9.59 Å². The van der Waals surface area contributed by atoms with Gasteiger partial charge in [-0.2, -0.15) is 0 Å². The number of ether oxygens (including phenoxy) is 2. The molecule has 9 heteroatoms. The Hall–Kier alpha value is -1.26. The molecule has 0 radical (unpaired) electrons. The normalized spacial score (nSPS) is 12.0. The summed E-state index contributed by atoms with van der Waals surface area (Å²) in [5, 5.41) is 11.5. The van der Waals surface area contributed by atoms with E-state index >= 15 is 0 Å². The molecular weight excluding hydrogens is 314 g/mol. The van der Waals surface area contributed by atoms with Gasteiger partial charge >= 0.3 is 0 Å². The molecule has 24 heavy (non-hydrogen) atoms. The molecule has 0 spiro atoms. The molecule has 0 heterocycles. The number of likely N-dealkylation sites (N-methyl/N-ethyl adjacent to an activating group) is 1. The van der Waals surface area contributed by atoms with Gasteiger partial charge in [0.2, 0.25) is 11.8 Å². The number of carbonyl (C=O) groups is 2. The number of nitrogens with two attached hydrogens (primary N) is 1. The van der Waals surface area contributed by atoms with Crippen molar-refractivity contribution in [1.82, 2.24) is 21.3 Å². The van der Waals surface area contributed by atoms with Gasteiger partial charge in [-0.05, 0) is 13.5 Å². The third-order valence-electron chi connectivity index (χ3n) is 3.20. The Morgan fingerprint density at radius 3 is 2.50 bits per heavy atom. The summed E-state index contributed by atoms with van der Waals surface area (Å²) in [5.74, 6) is -0.354. The number of methoxy groups -OCH3 is 1. The summed E-state index contributed by atoms with van der Waals surface area (Å²) in [6, 6.07) is -0.545. The van der Waals surface area contributed by atoms with Gasteiger partial charge in [-0.15, -0.1) is 0 Å². The Bertz CT molecular complexity index is 331. The minimum atomic E-state index is -0.545. The second-order valence-electron chi connectivity index (χ2n) is 5.18. The SMILES string of the molecule is CNC(CC(=O)NCCNCCN)C(=O)NCCCOCCOC. The summed E-state index contributed by atoms with van der Waals surface area (Å²) in [5.41, 5.74) is 5.35. The highest BCUT2D eigenvalue weighted by atomic mass is 16.5. The molecule has 0 aliphatic heterocycles. The standard InChI is InChI=1S/C15H33N5O4/c1-17-13(12-14(21)19-8-7-18-6-4-16)15(22)20-5-3-9-24-11-10-23-2/h13,17-18H,3-12,16H2,1-2H3,(H,19,21)(H,20,22). The minimum Gasteiger partial charge on any atom is -0.382 e. The summed E-state index contributed by atoms with van der Waals surface area (Å²) < 4.78 is 10.2. The number of nitrogens with one attached hydrogen (secondary N) is 4. The van der Waals surface area contributed by atoms with E-state index in [9.17, 15) is 9.59 Å². The van der Waals surface area contributed by atoms with Crippen molar-refractivity contribution in [3.05, 3.63) is 0 Å². The van der Waals surface area contributed by atoms with Crippen molar-refractivity contribution in [2.75, 3.05) is 66.7 Å². The molecule has 2 amide bonds. The Morgan fingerprint density at radius 2 is 1.83 bits per heavy atom. The Balaban J connectivity index is 3.77. The van der Waals surface area contributed by atoms with Crippen LogP contribution in [-0.2, 0) is 19.1 Å². The average molecular weight is 347 g/mol. The van der Waals surface area contributed by atoms with E-state index in [0.717, 1.165) is 0 Å². The topological polar surface area (TPSA) is 127 Å². The Labute approximate surface area is 144 Å². The molecule has 0 aromatic carbocycles. The van der Waals surface area contributed by atoms with E-state index in [-0.39, 0.29) is 18.2 Å². The summed E-state index contributed by atoms with van der Waals surface area (Å²) in [4.78, 5) is 23.8. The maximum Gasteiger partial charge on any atom is 0.237 e. The van der Waals surface area contributed by atoms with Crippen LogP contribution in [0.3, 0.4) is 0 Å². The van der Waals surface area contributed by atoms with Crippen LogP contribution in [0.1, 0.15) is 12.8 Å². The first kappa shape index (κ1) is 22.7. The predicted octanol–water partition coefficient (Wildman–Crippen LogP) is -2.20. The van der Waals surface area contributed by atoms with Gasteiger partial charge in [-0.25, -0.2) is 0 Å². The van der Waals surface area contributed by atoms with Gasteiger partial charge in [-0.1, -0.05) is 0 Å². The van der Waals surface area contributed by atoms with Crippen LogP contribution in [0.15, 0.2) is 0 Å². The first-order valence-corrected chi connectivity index (χ1v) is 8.34. The first-order valence-electron chi connectivity index (χ1n) is 8.34. The zero-order valence-electron chi connectivity index (χ0n) is 14.9. The lowest BCUT2D eigenvalue weighted by Crippen LogP contribution is -2.46.